The summed E-state index contributed by atoms with van der Waals surface area (Å²) in [6, 6.07) is 3.68. The fourth-order valence-electron chi connectivity index (χ4n) is 2.26. The first kappa shape index (κ1) is 12.0. The monoisotopic (exact) mass is 261 g/mol. The van der Waals surface area contributed by atoms with Gasteiger partial charge in [-0.2, -0.15) is 4.98 Å². The van der Waals surface area contributed by atoms with Crippen LogP contribution in [0.3, 0.4) is 0 Å². The maximum absolute atomic E-state index is 12.0. The first-order chi connectivity index (χ1) is 9.26. The Kier molecular flexibility index (Phi) is 3.06. The van der Waals surface area contributed by atoms with Gasteiger partial charge in [0, 0.05) is 19.4 Å². The molecule has 1 fully saturated rings. The Bertz CT molecular complexity index is 561. The lowest BCUT2D eigenvalue weighted by molar-refractivity contribution is -0.128. The minimum atomic E-state index is -0.00439. The number of hydrogen-bond donors (Lipinski definition) is 0. The first-order valence-corrected chi connectivity index (χ1v) is 6.39. The van der Waals surface area contributed by atoms with Gasteiger partial charge in [0.15, 0.2) is 5.82 Å². The summed E-state index contributed by atoms with van der Waals surface area (Å²) in [5, 5.41) is 3.87. The molecule has 1 aliphatic heterocycles. The Balaban J connectivity index is 1.69. The van der Waals surface area contributed by atoms with E-state index in [9.17, 15) is 4.79 Å². The van der Waals surface area contributed by atoms with Gasteiger partial charge in [0.1, 0.15) is 5.76 Å². The summed E-state index contributed by atoms with van der Waals surface area (Å²) in [5.41, 5.74) is 0. The van der Waals surface area contributed by atoms with Crippen LogP contribution in [0.25, 0.3) is 0 Å². The number of amides is 1. The second-order valence-corrected chi connectivity index (χ2v) is 4.66. The van der Waals surface area contributed by atoms with Gasteiger partial charge in [-0.1, -0.05) is 12.1 Å². The molecule has 2 aromatic rings. The molecule has 0 saturated carbocycles. The number of furan rings is 1. The zero-order valence-electron chi connectivity index (χ0n) is 10.7. The van der Waals surface area contributed by atoms with E-state index >= 15 is 0 Å². The summed E-state index contributed by atoms with van der Waals surface area (Å²) in [6.45, 7) is 3.07. The van der Waals surface area contributed by atoms with Crippen LogP contribution in [0.2, 0.25) is 0 Å². The molecular weight excluding hydrogens is 246 g/mol. The third-order valence-corrected chi connectivity index (χ3v) is 3.29. The molecule has 1 saturated heterocycles. The molecule has 2 aromatic heterocycles. The largest absolute Gasteiger partial charge is 0.467 e. The van der Waals surface area contributed by atoms with Gasteiger partial charge < -0.3 is 13.8 Å². The van der Waals surface area contributed by atoms with Crippen LogP contribution in [0, 0.1) is 0 Å². The Morgan fingerprint density at radius 1 is 1.53 bits per heavy atom. The Morgan fingerprint density at radius 2 is 2.42 bits per heavy atom. The number of aryl methyl sites for hydroxylation is 1. The van der Waals surface area contributed by atoms with Gasteiger partial charge >= 0.3 is 0 Å². The van der Waals surface area contributed by atoms with Gasteiger partial charge in [-0.25, -0.2) is 0 Å². The number of rotatable bonds is 4. The molecule has 3 heterocycles. The van der Waals surface area contributed by atoms with E-state index in [1.807, 2.05) is 19.1 Å². The molecule has 3 rings (SSSR count). The van der Waals surface area contributed by atoms with Gasteiger partial charge in [-0.15, -0.1) is 0 Å². The number of likely N-dealkylation sites (tertiary alicyclic amines) is 1. The van der Waals surface area contributed by atoms with E-state index in [2.05, 4.69) is 10.1 Å². The van der Waals surface area contributed by atoms with Gasteiger partial charge in [-0.3, -0.25) is 4.79 Å². The van der Waals surface area contributed by atoms with Gasteiger partial charge in [-0.05, 0) is 12.1 Å². The molecule has 0 unspecified atom stereocenters. The maximum atomic E-state index is 12.0. The minimum absolute atomic E-state index is 0.00439. The quantitative estimate of drug-likeness (QED) is 0.838. The van der Waals surface area contributed by atoms with Crippen molar-refractivity contribution in [3.63, 3.8) is 0 Å². The molecule has 0 aromatic carbocycles. The van der Waals surface area contributed by atoms with E-state index in [-0.39, 0.29) is 11.8 Å². The summed E-state index contributed by atoms with van der Waals surface area (Å²) in [6.07, 6.45) is 2.77. The number of hydrogen-bond acceptors (Lipinski definition) is 5. The van der Waals surface area contributed by atoms with Crippen LogP contribution >= 0.6 is 0 Å². The lowest BCUT2D eigenvalue weighted by atomic mass is 10.1. The maximum Gasteiger partial charge on any atom is 0.232 e. The summed E-state index contributed by atoms with van der Waals surface area (Å²) in [5.74, 6) is 2.13. The lowest BCUT2D eigenvalue weighted by Crippen LogP contribution is -2.24. The standard InChI is InChI=1S/C13H15N3O3/c1-2-11-14-13(19-15-11)9-6-12(17)16(7-9)8-10-4-3-5-18-10/h3-5,9H,2,6-8H2,1H3/t9-/m0/s1. The van der Waals surface area contributed by atoms with E-state index in [0.29, 0.717) is 31.2 Å². The summed E-state index contributed by atoms with van der Waals surface area (Å²) in [7, 11) is 0. The van der Waals surface area contributed by atoms with Crippen LogP contribution in [0.1, 0.15) is 36.7 Å². The lowest BCUT2D eigenvalue weighted by Gasteiger charge is -2.13. The molecule has 19 heavy (non-hydrogen) atoms. The van der Waals surface area contributed by atoms with Crippen molar-refractivity contribution in [3.05, 3.63) is 35.9 Å². The van der Waals surface area contributed by atoms with E-state index < -0.39 is 0 Å². The topological polar surface area (TPSA) is 72.4 Å². The number of carbonyl (C=O) groups is 1. The average molecular weight is 261 g/mol. The van der Waals surface area contributed by atoms with Crippen LogP contribution < -0.4 is 0 Å². The molecule has 100 valence electrons. The number of nitrogens with zero attached hydrogens (tertiary/aromatic N) is 3. The second-order valence-electron chi connectivity index (χ2n) is 4.66. The van der Waals surface area contributed by atoms with Crippen molar-refractivity contribution in [2.75, 3.05) is 6.54 Å². The van der Waals surface area contributed by atoms with Crippen LogP contribution in [-0.2, 0) is 17.8 Å². The number of carbonyl (C=O) groups excluding carboxylic acids is 1. The highest BCUT2D eigenvalue weighted by atomic mass is 16.5. The molecule has 0 aliphatic carbocycles. The van der Waals surface area contributed by atoms with Crippen molar-refractivity contribution in [2.24, 2.45) is 0 Å². The molecule has 1 atom stereocenters. The zero-order valence-corrected chi connectivity index (χ0v) is 10.7. The average Bonchev–Trinajstić information content (AvgIpc) is 3.12. The Hall–Kier alpha value is -2.11. The van der Waals surface area contributed by atoms with Crippen molar-refractivity contribution >= 4 is 5.91 Å². The molecule has 1 amide bonds. The highest BCUT2D eigenvalue weighted by Crippen LogP contribution is 2.28. The molecule has 6 heteroatoms. The zero-order chi connectivity index (χ0) is 13.2. The summed E-state index contributed by atoms with van der Waals surface area (Å²) < 4.78 is 10.5. The van der Waals surface area contributed by atoms with Crippen molar-refractivity contribution in [1.82, 2.24) is 15.0 Å². The van der Waals surface area contributed by atoms with E-state index in [4.69, 9.17) is 8.94 Å². The highest BCUT2D eigenvalue weighted by Gasteiger charge is 2.34. The van der Waals surface area contributed by atoms with Gasteiger partial charge in [0.25, 0.3) is 0 Å². The molecule has 1 aliphatic rings. The Labute approximate surface area is 110 Å². The Morgan fingerprint density at radius 3 is 3.11 bits per heavy atom. The minimum Gasteiger partial charge on any atom is -0.467 e. The van der Waals surface area contributed by atoms with Crippen molar-refractivity contribution in [3.8, 4) is 0 Å². The highest BCUT2D eigenvalue weighted by molar-refractivity contribution is 5.79. The predicted octanol–water partition coefficient (Wildman–Crippen LogP) is 1.74. The van der Waals surface area contributed by atoms with Gasteiger partial charge in [0.2, 0.25) is 11.8 Å². The fourth-order valence-corrected chi connectivity index (χ4v) is 2.26. The van der Waals surface area contributed by atoms with E-state index in [1.165, 1.54) is 0 Å². The van der Waals surface area contributed by atoms with Crippen molar-refractivity contribution in [1.29, 1.82) is 0 Å². The summed E-state index contributed by atoms with van der Waals surface area (Å²) in [4.78, 5) is 18.0. The van der Waals surface area contributed by atoms with E-state index in [0.717, 1.165) is 12.2 Å². The fraction of sp³-hybridized carbons (Fsp3) is 0.462. The first-order valence-electron chi connectivity index (χ1n) is 6.39. The van der Waals surface area contributed by atoms with Gasteiger partial charge in [0.05, 0.1) is 18.7 Å². The summed E-state index contributed by atoms with van der Waals surface area (Å²) >= 11 is 0. The van der Waals surface area contributed by atoms with Crippen molar-refractivity contribution in [2.45, 2.75) is 32.2 Å². The van der Waals surface area contributed by atoms with E-state index in [1.54, 1.807) is 11.2 Å². The normalized spacial score (nSPS) is 19.3. The molecule has 0 N–H and O–H groups in total. The second kappa shape index (κ2) is 4.87. The molecule has 0 bridgehead atoms. The van der Waals surface area contributed by atoms with Crippen LogP contribution in [0.5, 0.6) is 0 Å². The SMILES string of the molecule is CCc1noc([C@H]2CC(=O)N(Cc3ccco3)C2)n1. The van der Waals surface area contributed by atoms with Crippen molar-refractivity contribution < 1.29 is 13.7 Å². The smallest absolute Gasteiger partial charge is 0.232 e. The van der Waals surface area contributed by atoms with Crippen LogP contribution in [0.15, 0.2) is 27.3 Å². The van der Waals surface area contributed by atoms with Crippen LogP contribution in [0.4, 0.5) is 0 Å². The molecular formula is C13H15N3O3. The number of aromatic nitrogens is 2. The molecule has 6 nitrogen and oxygen atoms in total. The predicted molar refractivity (Wildman–Crippen MR) is 65.2 cm³/mol. The third-order valence-electron chi connectivity index (χ3n) is 3.29. The van der Waals surface area contributed by atoms with Crippen LogP contribution in [-0.4, -0.2) is 27.5 Å². The molecule has 0 radical (unpaired) electrons. The molecule has 0 spiro atoms. The third kappa shape index (κ3) is 2.38.